The maximum Gasteiger partial charge on any atom is 0.241 e. The van der Waals surface area contributed by atoms with Crippen LogP contribution in [0.4, 0.5) is 0 Å². The molecule has 2 aliphatic heterocycles. The Bertz CT molecular complexity index is 306. The van der Waals surface area contributed by atoms with E-state index in [4.69, 9.17) is 5.73 Å². The number of rotatable bonds is 2. The number of carbonyl (C=O) groups excluding carboxylic acids is 2. The third-order valence-corrected chi connectivity index (χ3v) is 3.84. The molecule has 0 saturated carbocycles. The van der Waals surface area contributed by atoms with Crippen molar-refractivity contribution in [3.63, 3.8) is 0 Å². The summed E-state index contributed by atoms with van der Waals surface area (Å²) in [6.07, 6.45) is -0.392. The number of carbonyl (C=O) groups is 2. The molecule has 0 aromatic carbocycles. The van der Waals surface area contributed by atoms with E-state index < -0.39 is 18.1 Å². The number of hydrogen-bond donors (Lipinski definition) is 3. The van der Waals surface area contributed by atoms with E-state index in [0.29, 0.717) is 5.75 Å². The number of nitrogens with zero attached hydrogens (tertiary/aromatic N) is 1. The number of thioether (sulfide) groups is 1. The minimum absolute atomic E-state index is 0.134. The van der Waals surface area contributed by atoms with E-state index in [-0.39, 0.29) is 24.9 Å². The summed E-state index contributed by atoms with van der Waals surface area (Å²) in [6, 6.07) is -0.910. The number of aliphatic hydroxyl groups is 1. The molecule has 2 aliphatic rings. The zero-order valence-electron chi connectivity index (χ0n) is 8.76. The van der Waals surface area contributed by atoms with Crippen LogP contribution in [0.3, 0.4) is 0 Å². The maximum atomic E-state index is 12.0. The topological polar surface area (TPSA) is 95.7 Å². The first-order valence-corrected chi connectivity index (χ1v) is 6.34. The molecule has 4 N–H and O–H groups in total. The van der Waals surface area contributed by atoms with Gasteiger partial charge < -0.3 is 15.7 Å². The van der Waals surface area contributed by atoms with Gasteiger partial charge in [0.05, 0.1) is 12.1 Å². The van der Waals surface area contributed by atoms with Crippen LogP contribution in [0.5, 0.6) is 0 Å². The summed E-state index contributed by atoms with van der Waals surface area (Å²) >= 11 is 1.64. The van der Waals surface area contributed by atoms with Gasteiger partial charge in [0.1, 0.15) is 6.04 Å². The molecule has 0 aliphatic carbocycles. The van der Waals surface area contributed by atoms with Crippen LogP contribution in [0.15, 0.2) is 0 Å². The van der Waals surface area contributed by atoms with Crippen molar-refractivity contribution in [3.8, 4) is 0 Å². The molecule has 3 unspecified atom stereocenters. The number of nitrogens with two attached hydrogens (primary N) is 1. The van der Waals surface area contributed by atoms with Crippen molar-refractivity contribution in [2.75, 3.05) is 18.2 Å². The molecule has 0 radical (unpaired) electrons. The van der Waals surface area contributed by atoms with Gasteiger partial charge in [-0.3, -0.25) is 14.9 Å². The van der Waals surface area contributed by atoms with Gasteiger partial charge >= 0.3 is 0 Å². The number of β-amino-alcohol motifs (C(OH)–C–C–N with tert-alkyl or cyclic N) is 1. The van der Waals surface area contributed by atoms with Gasteiger partial charge in [-0.1, -0.05) is 0 Å². The summed E-state index contributed by atoms with van der Waals surface area (Å²) in [5.41, 5.74) is 5.22. The van der Waals surface area contributed by atoms with Gasteiger partial charge in [0.2, 0.25) is 11.8 Å². The van der Waals surface area contributed by atoms with E-state index >= 15 is 0 Å². The fourth-order valence-corrected chi connectivity index (χ4v) is 3.01. The second-order valence-corrected chi connectivity index (χ2v) is 5.10. The number of aliphatic hydroxyl groups excluding tert-OH is 1. The molecular formula is C9H15N3O3S. The van der Waals surface area contributed by atoms with Crippen LogP contribution in [0.2, 0.25) is 0 Å². The number of likely N-dealkylation sites (tertiary alicyclic amines) is 1. The quantitative estimate of drug-likeness (QED) is 0.528. The monoisotopic (exact) mass is 245 g/mol. The largest absolute Gasteiger partial charge is 0.391 e. The average Bonchev–Trinajstić information content (AvgIpc) is 2.84. The predicted octanol–water partition coefficient (Wildman–Crippen LogP) is -1.90. The van der Waals surface area contributed by atoms with Crippen molar-refractivity contribution in [1.29, 1.82) is 0 Å². The molecule has 0 bridgehead atoms. The molecule has 90 valence electrons. The van der Waals surface area contributed by atoms with Crippen molar-refractivity contribution in [1.82, 2.24) is 10.2 Å². The Hall–Kier alpha value is -0.790. The van der Waals surface area contributed by atoms with Gasteiger partial charge in [-0.15, -0.1) is 11.8 Å². The first-order valence-electron chi connectivity index (χ1n) is 5.18. The Morgan fingerprint density at radius 1 is 1.50 bits per heavy atom. The van der Waals surface area contributed by atoms with E-state index in [2.05, 4.69) is 5.32 Å². The smallest absolute Gasteiger partial charge is 0.241 e. The van der Waals surface area contributed by atoms with Crippen molar-refractivity contribution in [2.45, 2.75) is 24.6 Å². The first-order chi connectivity index (χ1) is 7.59. The molecule has 3 atom stereocenters. The van der Waals surface area contributed by atoms with Crippen LogP contribution in [-0.2, 0) is 9.59 Å². The molecule has 0 spiro atoms. The molecule has 2 heterocycles. The molecule has 2 amide bonds. The average molecular weight is 245 g/mol. The summed E-state index contributed by atoms with van der Waals surface area (Å²) < 4.78 is 0. The van der Waals surface area contributed by atoms with Crippen LogP contribution in [0, 0.1) is 0 Å². The van der Waals surface area contributed by atoms with Gasteiger partial charge in [-0.25, -0.2) is 0 Å². The minimum Gasteiger partial charge on any atom is -0.391 e. The van der Waals surface area contributed by atoms with Crippen molar-refractivity contribution < 1.29 is 14.7 Å². The molecule has 16 heavy (non-hydrogen) atoms. The number of nitrogens with one attached hydrogen (secondary N) is 1. The predicted molar refractivity (Wildman–Crippen MR) is 59.6 cm³/mol. The van der Waals surface area contributed by atoms with Gasteiger partial charge in [0.15, 0.2) is 0 Å². The number of amides is 2. The van der Waals surface area contributed by atoms with Crippen LogP contribution in [0.25, 0.3) is 0 Å². The van der Waals surface area contributed by atoms with Crippen molar-refractivity contribution in [2.24, 2.45) is 5.73 Å². The second kappa shape index (κ2) is 4.60. The fraction of sp³-hybridized carbons (Fsp3) is 0.778. The lowest BCUT2D eigenvalue weighted by molar-refractivity contribution is -0.138. The molecule has 2 rings (SSSR count). The summed E-state index contributed by atoms with van der Waals surface area (Å²) in [4.78, 5) is 24.6. The Labute approximate surface area is 97.5 Å². The third kappa shape index (κ3) is 2.16. The maximum absolute atomic E-state index is 12.0. The molecule has 0 aromatic heterocycles. The van der Waals surface area contributed by atoms with E-state index in [1.807, 2.05) is 0 Å². The highest BCUT2D eigenvalue weighted by Crippen LogP contribution is 2.21. The minimum atomic E-state index is -0.658. The Balaban J connectivity index is 2.06. The summed E-state index contributed by atoms with van der Waals surface area (Å²) in [6.45, 7) is 0.204. The van der Waals surface area contributed by atoms with E-state index in [9.17, 15) is 14.7 Å². The highest BCUT2D eigenvalue weighted by molar-refractivity contribution is 7.99. The normalized spacial score (nSPS) is 34.3. The zero-order chi connectivity index (χ0) is 11.7. The molecule has 2 saturated heterocycles. The molecule has 6 nitrogen and oxygen atoms in total. The Morgan fingerprint density at radius 3 is 2.81 bits per heavy atom. The van der Waals surface area contributed by atoms with E-state index in [1.165, 1.54) is 4.90 Å². The highest BCUT2D eigenvalue weighted by atomic mass is 32.2. The van der Waals surface area contributed by atoms with Crippen LogP contribution in [0.1, 0.15) is 6.42 Å². The van der Waals surface area contributed by atoms with Crippen molar-refractivity contribution >= 4 is 23.6 Å². The SMILES string of the molecule is NC(=O)C1CC(O)CN1C(=O)C1CSCN1. The van der Waals surface area contributed by atoms with Gasteiger partial charge in [-0.05, 0) is 0 Å². The third-order valence-electron chi connectivity index (χ3n) is 2.90. The van der Waals surface area contributed by atoms with Crippen LogP contribution >= 0.6 is 11.8 Å². The lowest BCUT2D eigenvalue weighted by Crippen LogP contribution is -2.50. The molecule has 2 fully saturated rings. The van der Waals surface area contributed by atoms with Crippen LogP contribution < -0.4 is 11.1 Å². The van der Waals surface area contributed by atoms with Gasteiger partial charge in [0, 0.05) is 24.6 Å². The molecular weight excluding hydrogens is 230 g/mol. The van der Waals surface area contributed by atoms with Crippen molar-refractivity contribution in [3.05, 3.63) is 0 Å². The van der Waals surface area contributed by atoms with Gasteiger partial charge in [-0.2, -0.15) is 0 Å². The van der Waals surface area contributed by atoms with Crippen LogP contribution in [-0.4, -0.2) is 58.2 Å². The van der Waals surface area contributed by atoms with E-state index in [1.54, 1.807) is 11.8 Å². The molecule has 0 aromatic rings. The zero-order valence-corrected chi connectivity index (χ0v) is 9.57. The highest BCUT2D eigenvalue weighted by Gasteiger charge is 2.40. The fourth-order valence-electron chi connectivity index (χ4n) is 2.08. The van der Waals surface area contributed by atoms with Gasteiger partial charge in [0.25, 0.3) is 0 Å². The lowest BCUT2D eigenvalue weighted by atomic mass is 10.2. The summed E-state index contributed by atoms with van der Waals surface area (Å²) in [7, 11) is 0. The standard InChI is InChI=1S/C9H15N3O3S/c10-8(14)7-1-5(13)2-12(7)9(15)6-3-16-4-11-6/h5-7,11,13H,1-4H2,(H2,10,14). The second-order valence-electron chi connectivity index (χ2n) is 4.07. The summed E-state index contributed by atoms with van der Waals surface area (Å²) in [5.74, 6) is 0.770. The Kier molecular flexibility index (Phi) is 3.36. The lowest BCUT2D eigenvalue weighted by Gasteiger charge is -2.24. The number of hydrogen-bond acceptors (Lipinski definition) is 5. The first kappa shape index (κ1) is 11.7. The number of primary amides is 1. The Morgan fingerprint density at radius 2 is 2.25 bits per heavy atom. The summed E-state index contributed by atoms with van der Waals surface area (Å²) in [5, 5.41) is 12.5. The van der Waals surface area contributed by atoms with E-state index in [0.717, 1.165) is 5.88 Å². The molecule has 7 heteroatoms.